The fraction of sp³-hybridized carbons (Fsp3) is 0.200. The van der Waals surface area contributed by atoms with E-state index in [1.54, 1.807) is 12.1 Å². The Labute approximate surface area is 131 Å². The number of oxime groups is 1. The van der Waals surface area contributed by atoms with Gasteiger partial charge in [0.2, 0.25) is 5.88 Å². The highest BCUT2D eigenvalue weighted by atomic mass is 79.9. The number of benzene rings is 1. The molecule has 0 spiro atoms. The van der Waals surface area contributed by atoms with Crippen LogP contribution in [0.1, 0.15) is 30.9 Å². The maximum absolute atomic E-state index is 8.62. The summed E-state index contributed by atoms with van der Waals surface area (Å²) in [6.45, 7) is 4.20. The summed E-state index contributed by atoms with van der Waals surface area (Å²) in [7, 11) is 0. The second-order valence-corrected chi connectivity index (χ2v) is 5.72. The first kappa shape index (κ1) is 15.3. The number of ether oxygens (including phenoxy) is 1. The SMILES string of the molecule is CC(C)c1cc(Br)ccc1Oc1ccc(/C(N)=N/O)cn1. The monoisotopic (exact) mass is 349 g/mol. The first-order valence-electron chi connectivity index (χ1n) is 6.42. The summed E-state index contributed by atoms with van der Waals surface area (Å²) in [6.07, 6.45) is 1.50. The van der Waals surface area contributed by atoms with Gasteiger partial charge in [-0.3, -0.25) is 0 Å². The average molecular weight is 350 g/mol. The van der Waals surface area contributed by atoms with Gasteiger partial charge in [0.15, 0.2) is 5.84 Å². The van der Waals surface area contributed by atoms with Crippen LogP contribution in [0.3, 0.4) is 0 Å². The van der Waals surface area contributed by atoms with Crippen LogP contribution in [0.2, 0.25) is 0 Å². The van der Waals surface area contributed by atoms with Gasteiger partial charge in [0.25, 0.3) is 0 Å². The topological polar surface area (TPSA) is 80.7 Å². The first-order chi connectivity index (χ1) is 10.0. The smallest absolute Gasteiger partial charge is 0.219 e. The van der Waals surface area contributed by atoms with Gasteiger partial charge in [-0.25, -0.2) is 4.98 Å². The lowest BCUT2D eigenvalue weighted by atomic mass is 10.0. The van der Waals surface area contributed by atoms with Gasteiger partial charge in [0.1, 0.15) is 5.75 Å². The number of pyridine rings is 1. The van der Waals surface area contributed by atoms with Crippen LogP contribution in [-0.4, -0.2) is 16.0 Å². The van der Waals surface area contributed by atoms with Crippen molar-refractivity contribution >= 4 is 21.8 Å². The van der Waals surface area contributed by atoms with Crippen molar-refractivity contribution in [1.82, 2.24) is 4.98 Å². The van der Waals surface area contributed by atoms with Crippen LogP contribution in [0.15, 0.2) is 46.2 Å². The highest BCUT2D eigenvalue weighted by Crippen LogP contribution is 2.32. The number of nitrogens with two attached hydrogens (primary N) is 1. The zero-order valence-electron chi connectivity index (χ0n) is 11.7. The van der Waals surface area contributed by atoms with Crippen molar-refractivity contribution in [3.63, 3.8) is 0 Å². The van der Waals surface area contributed by atoms with E-state index in [9.17, 15) is 0 Å². The Kier molecular flexibility index (Phi) is 4.80. The zero-order chi connectivity index (χ0) is 15.4. The molecule has 0 saturated carbocycles. The minimum atomic E-state index is 0.0144. The van der Waals surface area contributed by atoms with Crippen molar-refractivity contribution < 1.29 is 9.94 Å². The predicted molar refractivity (Wildman–Crippen MR) is 85.1 cm³/mol. The molecule has 1 aromatic heterocycles. The quantitative estimate of drug-likeness (QED) is 0.380. The van der Waals surface area contributed by atoms with Gasteiger partial charge in [0, 0.05) is 22.3 Å². The molecular formula is C15H16BrN3O2. The molecule has 2 rings (SSSR count). The van der Waals surface area contributed by atoms with Gasteiger partial charge >= 0.3 is 0 Å². The Morgan fingerprint density at radius 1 is 1.33 bits per heavy atom. The Balaban J connectivity index is 2.26. The fourth-order valence-electron chi connectivity index (χ4n) is 1.83. The summed E-state index contributed by atoms with van der Waals surface area (Å²) < 4.78 is 6.83. The third-order valence-electron chi connectivity index (χ3n) is 2.95. The number of hydrogen-bond donors (Lipinski definition) is 2. The normalized spacial score (nSPS) is 11.7. The Morgan fingerprint density at radius 3 is 2.67 bits per heavy atom. The molecule has 0 fully saturated rings. The third-order valence-corrected chi connectivity index (χ3v) is 3.44. The standard InChI is InChI=1S/C15H16BrN3O2/c1-9(2)12-7-11(16)4-5-13(12)21-14-6-3-10(8-18-14)15(17)19-20/h3-9,20H,1-2H3,(H2,17,19). The lowest BCUT2D eigenvalue weighted by molar-refractivity contribution is 0.318. The van der Waals surface area contributed by atoms with Crippen LogP contribution in [0.5, 0.6) is 11.6 Å². The summed E-state index contributed by atoms with van der Waals surface area (Å²) in [5.41, 5.74) is 7.11. The van der Waals surface area contributed by atoms with E-state index in [-0.39, 0.29) is 5.84 Å². The number of rotatable bonds is 4. The summed E-state index contributed by atoms with van der Waals surface area (Å²) in [5, 5.41) is 11.5. The van der Waals surface area contributed by atoms with Crippen LogP contribution in [0.4, 0.5) is 0 Å². The van der Waals surface area contributed by atoms with Crippen LogP contribution >= 0.6 is 15.9 Å². The number of hydrogen-bond acceptors (Lipinski definition) is 4. The highest BCUT2D eigenvalue weighted by molar-refractivity contribution is 9.10. The molecule has 5 nitrogen and oxygen atoms in total. The molecule has 0 radical (unpaired) electrons. The van der Waals surface area contributed by atoms with Crippen LogP contribution < -0.4 is 10.5 Å². The molecule has 0 aliphatic heterocycles. The molecule has 1 aromatic carbocycles. The molecule has 21 heavy (non-hydrogen) atoms. The molecule has 0 unspecified atom stereocenters. The van der Waals surface area contributed by atoms with E-state index in [0.717, 1.165) is 15.8 Å². The van der Waals surface area contributed by atoms with E-state index in [1.165, 1.54) is 6.20 Å². The van der Waals surface area contributed by atoms with Crippen molar-refractivity contribution in [3.8, 4) is 11.6 Å². The van der Waals surface area contributed by atoms with E-state index in [0.29, 0.717) is 17.4 Å². The maximum atomic E-state index is 8.62. The number of halogens is 1. The molecule has 0 aliphatic rings. The summed E-state index contributed by atoms with van der Waals surface area (Å²) in [6, 6.07) is 9.22. The van der Waals surface area contributed by atoms with E-state index >= 15 is 0 Å². The van der Waals surface area contributed by atoms with Crippen molar-refractivity contribution in [2.45, 2.75) is 19.8 Å². The molecular weight excluding hydrogens is 334 g/mol. The van der Waals surface area contributed by atoms with Crippen molar-refractivity contribution in [3.05, 3.63) is 52.1 Å². The van der Waals surface area contributed by atoms with Gasteiger partial charge in [-0.1, -0.05) is 34.9 Å². The van der Waals surface area contributed by atoms with E-state index < -0.39 is 0 Å². The molecule has 0 amide bonds. The van der Waals surface area contributed by atoms with E-state index in [1.807, 2.05) is 18.2 Å². The molecule has 2 aromatic rings. The number of aromatic nitrogens is 1. The summed E-state index contributed by atoms with van der Waals surface area (Å²) >= 11 is 3.46. The third kappa shape index (κ3) is 3.72. The predicted octanol–water partition coefficient (Wildman–Crippen LogP) is 3.85. The molecule has 0 saturated heterocycles. The fourth-order valence-corrected chi connectivity index (χ4v) is 2.20. The lowest BCUT2D eigenvalue weighted by Crippen LogP contribution is -2.13. The molecule has 0 aliphatic carbocycles. The second-order valence-electron chi connectivity index (χ2n) is 4.81. The summed E-state index contributed by atoms with van der Waals surface area (Å²) in [4.78, 5) is 4.16. The average Bonchev–Trinajstić information content (AvgIpc) is 2.49. The first-order valence-corrected chi connectivity index (χ1v) is 7.22. The number of nitrogens with zero attached hydrogens (tertiary/aromatic N) is 2. The highest BCUT2D eigenvalue weighted by Gasteiger charge is 2.10. The largest absolute Gasteiger partial charge is 0.439 e. The van der Waals surface area contributed by atoms with Gasteiger partial charge in [0.05, 0.1) is 0 Å². The van der Waals surface area contributed by atoms with Gasteiger partial charge < -0.3 is 15.7 Å². The van der Waals surface area contributed by atoms with Gasteiger partial charge in [-0.05, 0) is 35.7 Å². The van der Waals surface area contributed by atoms with Gasteiger partial charge in [-0.15, -0.1) is 0 Å². The van der Waals surface area contributed by atoms with Crippen molar-refractivity contribution in [2.75, 3.05) is 0 Å². The molecule has 1 heterocycles. The molecule has 6 heteroatoms. The lowest BCUT2D eigenvalue weighted by Gasteiger charge is -2.13. The summed E-state index contributed by atoms with van der Waals surface area (Å²) in [5.74, 6) is 1.56. The number of amidine groups is 1. The maximum Gasteiger partial charge on any atom is 0.219 e. The van der Waals surface area contributed by atoms with Crippen LogP contribution in [0.25, 0.3) is 0 Å². The van der Waals surface area contributed by atoms with E-state index in [4.69, 9.17) is 15.7 Å². The van der Waals surface area contributed by atoms with Crippen molar-refractivity contribution in [1.29, 1.82) is 0 Å². The minimum Gasteiger partial charge on any atom is -0.439 e. The van der Waals surface area contributed by atoms with Gasteiger partial charge in [-0.2, -0.15) is 0 Å². The van der Waals surface area contributed by atoms with Crippen LogP contribution in [0, 0.1) is 0 Å². The second kappa shape index (κ2) is 6.58. The Bertz CT molecular complexity index is 654. The van der Waals surface area contributed by atoms with E-state index in [2.05, 4.69) is 39.9 Å². The molecule has 110 valence electrons. The minimum absolute atomic E-state index is 0.0144. The van der Waals surface area contributed by atoms with Crippen LogP contribution in [-0.2, 0) is 0 Å². The zero-order valence-corrected chi connectivity index (χ0v) is 13.3. The molecule has 3 N–H and O–H groups in total. The molecule has 0 bridgehead atoms. The Morgan fingerprint density at radius 2 is 2.10 bits per heavy atom. The Hall–Kier alpha value is -2.08. The molecule has 0 atom stereocenters. The van der Waals surface area contributed by atoms with Crippen molar-refractivity contribution in [2.24, 2.45) is 10.9 Å².